The molecule has 1 nitrogen and oxygen atoms in total. The quantitative estimate of drug-likeness (QED) is 0.571. The minimum atomic E-state index is -4.43. The van der Waals surface area contributed by atoms with Crippen molar-refractivity contribution in [2.24, 2.45) is 0 Å². The second kappa shape index (κ2) is 6.71. The zero-order valence-electron chi connectivity index (χ0n) is 14.1. The third-order valence-corrected chi connectivity index (χ3v) is 4.05. The zero-order chi connectivity index (χ0) is 18.0. The highest BCUT2D eigenvalue weighted by atomic mass is 19.4. The monoisotopic (exact) mass is 341 g/mol. The van der Waals surface area contributed by atoms with Crippen LogP contribution in [-0.2, 0) is 12.6 Å². The highest BCUT2D eigenvalue weighted by Gasteiger charge is 2.34. The smallest absolute Gasteiger partial charge is 0.256 e. The molecule has 3 aromatic rings. The molecule has 0 aliphatic heterocycles. The average molecular weight is 341 g/mol. The maximum absolute atomic E-state index is 13.6. The summed E-state index contributed by atoms with van der Waals surface area (Å²) in [6.07, 6.45) is -2.48. The van der Waals surface area contributed by atoms with Gasteiger partial charge in [0.1, 0.15) is 0 Å². The Balaban J connectivity index is 2.16. The summed E-state index contributed by atoms with van der Waals surface area (Å²) < 4.78 is 40.7. The fourth-order valence-corrected chi connectivity index (χ4v) is 3.19. The number of rotatable bonds is 3. The Kier molecular flexibility index (Phi) is 4.62. The van der Waals surface area contributed by atoms with Crippen molar-refractivity contribution < 1.29 is 13.2 Å². The van der Waals surface area contributed by atoms with Crippen LogP contribution in [0.1, 0.15) is 27.8 Å². The fourth-order valence-electron chi connectivity index (χ4n) is 3.19. The molecule has 0 fully saturated rings. The zero-order valence-corrected chi connectivity index (χ0v) is 14.1. The van der Waals surface area contributed by atoms with Gasteiger partial charge in [-0.25, -0.2) is 0 Å². The number of nitrogens with zero attached hydrogens (tertiary/aromatic N) is 1. The van der Waals surface area contributed by atoms with Gasteiger partial charge in [-0.1, -0.05) is 47.5 Å². The molecule has 0 atom stereocenters. The highest BCUT2D eigenvalue weighted by Crippen LogP contribution is 2.39. The standard InChI is InChI=1S/C21H18F3N/c1-14-10-15(2)12-16(11-14)13-17-6-5-7-18(21(22,23)24)20(17)19-8-3-4-9-25-19/h3-12H,13H2,1-2H3. The Bertz CT molecular complexity index is 863. The number of aromatic nitrogens is 1. The average Bonchev–Trinajstić information content (AvgIpc) is 2.53. The molecule has 0 saturated heterocycles. The van der Waals surface area contributed by atoms with Gasteiger partial charge in [-0.15, -0.1) is 0 Å². The molecule has 1 heterocycles. The minimum absolute atomic E-state index is 0.162. The van der Waals surface area contributed by atoms with Crippen LogP contribution in [-0.4, -0.2) is 4.98 Å². The van der Waals surface area contributed by atoms with E-state index >= 15 is 0 Å². The van der Waals surface area contributed by atoms with Crippen molar-refractivity contribution in [1.82, 2.24) is 4.98 Å². The second-order valence-electron chi connectivity index (χ2n) is 6.23. The van der Waals surface area contributed by atoms with Crippen LogP contribution in [0.4, 0.5) is 13.2 Å². The molecule has 0 spiro atoms. The van der Waals surface area contributed by atoms with E-state index in [1.807, 2.05) is 26.0 Å². The number of hydrogen-bond donors (Lipinski definition) is 0. The molecule has 0 amide bonds. The van der Waals surface area contributed by atoms with E-state index in [4.69, 9.17) is 0 Å². The Labute approximate surface area is 145 Å². The van der Waals surface area contributed by atoms with Crippen LogP contribution < -0.4 is 0 Å². The van der Waals surface area contributed by atoms with Gasteiger partial charge in [-0.05, 0) is 49.6 Å². The van der Waals surface area contributed by atoms with Crippen molar-refractivity contribution in [2.45, 2.75) is 26.4 Å². The number of halogens is 3. The third-order valence-electron chi connectivity index (χ3n) is 4.05. The summed E-state index contributed by atoms with van der Waals surface area (Å²) in [5.41, 5.74) is 3.67. The van der Waals surface area contributed by atoms with Crippen LogP contribution >= 0.6 is 0 Å². The first-order chi connectivity index (χ1) is 11.8. The van der Waals surface area contributed by atoms with Gasteiger partial charge in [-0.3, -0.25) is 4.98 Å². The molecule has 3 rings (SSSR count). The molecule has 0 bridgehead atoms. The van der Waals surface area contributed by atoms with Crippen LogP contribution in [0, 0.1) is 13.8 Å². The van der Waals surface area contributed by atoms with Crippen LogP contribution in [0.3, 0.4) is 0 Å². The molecule has 1 aromatic heterocycles. The lowest BCUT2D eigenvalue weighted by Gasteiger charge is -2.17. The minimum Gasteiger partial charge on any atom is -0.256 e. The van der Waals surface area contributed by atoms with E-state index in [9.17, 15) is 13.2 Å². The number of aryl methyl sites for hydroxylation is 2. The number of alkyl halides is 3. The van der Waals surface area contributed by atoms with Crippen LogP contribution in [0.15, 0.2) is 60.8 Å². The van der Waals surface area contributed by atoms with Crippen molar-refractivity contribution in [3.63, 3.8) is 0 Å². The highest BCUT2D eigenvalue weighted by molar-refractivity contribution is 5.69. The molecule has 0 N–H and O–H groups in total. The summed E-state index contributed by atoms with van der Waals surface area (Å²) >= 11 is 0. The first-order valence-electron chi connectivity index (χ1n) is 8.02. The Morgan fingerprint density at radius 3 is 2.20 bits per heavy atom. The maximum Gasteiger partial charge on any atom is 0.417 e. The largest absolute Gasteiger partial charge is 0.417 e. The summed E-state index contributed by atoms with van der Waals surface area (Å²) in [6.45, 7) is 3.98. The first-order valence-corrected chi connectivity index (χ1v) is 8.02. The lowest BCUT2D eigenvalue weighted by molar-refractivity contribution is -0.137. The molecule has 0 saturated carbocycles. The number of hydrogen-bond acceptors (Lipinski definition) is 1. The van der Waals surface area contributed by atoms with E-state index in [1.54, 1.807) is 24.3 Å². The third kappa shape index (κ3) is 3.90. The lowest BCUT2D eigenvalue weighted by atomic mass is 9.92. The first kappa shape index (κ1) is 17.2. The van der Waals surface area contributed by atoms with Crippen molar-refractivity contribution in [3.05, 3.63) is 88.6 Å². The van der Waals surface area contributed by atoms with Gasteiger partial charge in [0, 0.05) is 11.8 Å². The van der Waals surface area contributed by atoms with Gasteiger partial charge in [0.2, 0.25) is 0 Å². The van der Waals surface area contributed by atoms with Crippen molar-refractivity contribution in [3.8, 4) is 11.3 Å². The molecule has 0 unspecified atom stereocenters. The summed E-state index contributed by atoms with van der Waals surface area (Å²) in [7, 11) is 0. The molecular formula is C21H18F3N. The second-order valence-corrected chi connectivity index (χ2v) is 6.23. The predicted octanol–water partition coefficient (Wildman–Crippen LogP) is 5.98. The van der Waals surface area contributed by atoms with Crippen LogP contribution in [0.5, 0.6) is 0 Å². The van der Waals surface area contributed by atoms with E-state index in [-0.39, 0.29) is 5.56 Å². The molecule has 25 heavy (non-hydrogen) atoms. The van der Waals surface area contributed by atoms with E-state index in [0.717, 1.165) is 22.8 Å². The fraction of sp³-hybridized carbons (Fsp3) is 0.190. The Hall–Kier alpha value is -2.62. The van der Waals surface area contributed by atoms with Crippen LogP contribution in [0.25, 0.3) is 11.3 Å². The van der Waals surface area contributed by atoms with E-state index in [1.165, 1.54) is 12.3 Å². The van der Waals surface area contributed by atoms with Crippen molar-refractivity contribution in [2.75, 3.05) is 0 Å². The van der Waals surface area contributed by atoms with Gasteiger partial charge in [0.05, 0.1) is 11.3 Å². The maximum atomic E-state index is 13.6. The van der Waals surface area contributed by atoms with E-state index < -0.39 is 11.7 Å². The molecule has 128 valence electrons. The van der Waals surface area contributed by atoms with Crippen molar-refractivity contribution in [1.29, 1.82) is 0 Å². The van der Waals surface area contributed by atoms with Gasteiger partial charge in [0.25, 0.3) is 0 Å². The lowest BCUT2D eigenvalue weighted by Crippen LogP contribution is -2.10. The summed E-state index contributed by atoms with van der Waals surface area (Å²) in [6, 6.07) is 15.4. The molecule has 0 aliphatic carbocycles. The van der Waals surface area contributed by atoms with Gasteiger partial charge >= 0.3 is 6.18 Å². The van der Waals surface area contributed by atoms with Gasteiger partial charge in [-0.2, -0.15) is 13.2 Å². The Morgan fingerprint density at radius 2 is 1.60 bits per heavy atom. The SMILES string of the molecule is Cc1cc(C)cc(Cc2cccc(C(F)(F)F)c2-c2ccccn2)c1. The molecular weight excluding hydrogens is 323 g/mol. The van der Waals surface area contributed by atoms with Gasteiger partial charge in [0.15, 0.2) is 0 Å². The van der Waals surface area contributed by atoms with Crippen molar-refractivity contribution >= 4 is 0 Å². The summed E-state index contributed by atoms with van der Waals surface area (Å²) in [5, 5.41) is 0. The topological polar surface area (TPSA) is 12.9 Å². The van der Waals surface area contributed by atoms with Crippen LogP contribution in [0.2, 0.25) is 0 Å². The molecule has 0 aliphatic rings. The van der Waals surface area contributed by atoms with E-state index in [0.29, 0.717) is 17.7 Å². The summed E-state index contributed by atoms with van der Waals surface area (Å²) in [5.74, 6) is 0. The normalized spacial score (nSPS) is 11.6. The number of benzene rings is 2. The predicted molar refractivity (Wildman–Crippen MR) is 93.4 cm³/mol. The molecule has 2 aromatic carbocycles. The molecule has 4 heteroatoms. The summed E-state index contributed by atoms with van der Waals surface area (Å²) in [4.78, 5) is 4.16. The molecule has 0 radical (unpaired) electrons. The van der Waals surface area contributed by atoms with Gasteiger partial charge < -0.3 is 0 Å². The number of pyridine rings is 1. The van der Waals surface area contributed by atoms with E-state index in [2.05, 4.69) is 11.1 Å². The Morgan fingerprint density at radius 1 is 0.880 bits per heavy atom.